The number of hydrogen-bond acceptors (Lipinski definition) is 4. The van der Waals surface area contributed by atoms with Gasteiger partial charge in [0.05, 0.1) is 18.8 Å². The Hall–Kier alpha value is -0.910. The molecule has 0 aromatic carbocycles. The van der Waals surface area contributed by atoms with Crippen molar-refractivity contribution >= 4 is 5.97 Å². The summed E-state index contributed by atoms with van der Waals surface area (Å²) in [5.74, 6) is 0.187. The van der Waals surface area contributed by atoms with Crippen LogP contribution in [0.4, 0.5) is 0 Å². The summed E-state index contributed by atoms with van der Waals surface area (Å²) in [4.78, 5) is 10.5. The largest absolute Gasteiger partial charge is 0.481 e. The molecule has 142 valence electrons. The zero-order valence-electron chi connectivity index (χ0n) is 15.3. The number of carboxylic acids is 1. The lowest BCUT2D eigenvalue weighted by Crippen LogP contribution is -2.35. The van der Waals surface area contributed by atoms with Crippen LogP contribution in [0.2, 0.25) is 0 Å². The normalized spacial score (nSPS) is 35.4. The maximum absolute atomic E-state index is 10.5. The molecule has 2 bridgehead atoms. The summed E-state index contributed by atoms with van der Waals surface area (Å²) in [5, 5.41) is 8.66. The van der Waals surface area contributed by atoms with Crippen LogP contribution in [0.25, 0.3) is 0 Å². The van der Waals surface area contributed by atoms with Gasteiger partial charge in [-0.1, -0.05) is 38.3 Å². The Morgan fingerprint density at radius 3 is 2.52 bits per heavy atom. The van der Waals surface area contributed by atoms with Crippen molar-refractivity contribution in [3.8, 4) is 0 Å². The van der Waals surface area contributed by atoms with Gasteiger partial charge < -0.3 is 19.3 Å². The van der Waals surface area contributed by atoms with Crippen LogP contribution >= 0.6 is 0 Å². The topological polar surface area (TPSA) is 68.3 Å². The molecule has 0 amide bonds. The number of allylic oxidation sites excluding steroid dienone is 2. The zero-order chi connectivity index (χ0) is 17.6. The first-order valence-corrected chi connectivity index (χ1v) is 9.97. The third-order valence-corrected chi connectivity index (χ3v) is 5.71. The lowest BCUT2D eigenvalue weighted by Gasteiger charge is -2.25. The fourth-order valence-corrected chi connectivity index (χ4v) is 4.30. The molecule has 0 aromatic rings. The predicted molar refractivity (Wildman–Crippen MR) is 94.5 cm³/mol. The van der Waals surface area contributed by atoms with E-state index in [4.69, 9.17) is 19.3 Å². The van der Waals surface area contributed by atoms with Crippen LogP contribution in [0.3, 0.4) is 0 Å². The smallest absolute Gasteiger partial charge is 0.303 e. The highest BCUT2D eigenvalue weighted by Crippen LogP contribution is 2.54. The van der Waals surface area contributed by atoms with Gasteiger partial charge in [-0.15, -0.1) is 0 Å². The standard InChI is InChI=1S/C20H32O5/c1-2-3-4-9-12-23-13-15-14(10-7-5-6-8-11-16(21)22)17-19-20(25-19)18(15)24-17/h5,7,14-15,17-20H,2-4,6,8-13H2,1H3,(H,21,22)/t14-,15+,17+,18-,19-,20+/m0/s1. The Kier molecular flexibility index (Phi) is 6.91. The summed E-state index contributed by atoms with van der Waals surface area (Å²) < 4.78 is 17.9. The van der Waals surface area contributed by atoms with E-state index in [0.717, 1.165) is 32.5 Å². The van der Waals surface area contributed by atoms with Crippen molar-refractivity contribution in [3.05, 3.63) is 12.2 Å². The highest BCUT2D eigenvalue weighted by molar-refractivity contribution is 5.66. The molecule has 0 unspecified atom stereocenters. The molecule has 0 aliphatic carbocycles. The van der Waals surface area contributed by atoms with Crippen LogP contribution in [0, 0.1) is 11.8 Å². The quantitative estimate of drug-likeness (QED) is 0.312. The highest BCUT2D eigenvalue weighted by atomic mass is 16.7. The summed E-state index contributed by atoms with van der Waals surface area (Å²) in [7, 11) is 0. The minimum atomic E-state index is -0.719. The number of aliphatic carboxylic acids is 1. The summed E-state index contributed by atoms with van der Waals surface area (Å²) in [5.41, 5.74) is 0. The molecule has 0 saturated carbocycles. The number of unbranched alkanes of at least 4 members (excludes halogenated alkanes) is 4. The summed E-state index contributed by atoms with van der Waals surface area (Å²) in [6.07, 6.45) is 13.1. The Morgan fingerprint density at radius 2 is 1.76 bits per heavy atom. The van der Waals surface area contributed by atoms with Crippen molar-refractivity contribution in [2.24, 2.45) is 11.8 Å². The van der Waals surface area contributed by atoms with Crippen LogP contribution in [-0.2, 0) is 19.0 Å². The van der Waals surface area contributed by atoms with E-state index in [0.29, 0.717) is 30.5 Å². The van der Waals surface area contributed by atoms with Crippen molar-refractivity contribution < 1.29 is 24.1 Å². The Bertz CT molecular complexity index is 463. The van der Waals surface area contributed by atoms with Crippen molar-refractivity contribution in [3.63, 3.8) is 0 Å². The molecule has 0 spiro atoms. The van der Waals surface area contributed by atoms with Gasteiger partial charge in [0, 0.05) is 18.9 Å². The molecule has 3 rings (SSSR count). The van der Waals surface area contributed by atoms with Gasteiger partial charge in [-0.25, -0.2) is 0 Å². The SMILES string of the molecule is CCCCCCOC[C@@H]1[C@H](CC=CCCCC(=O)O)[C@H]2O[C@@H]1[C@H]1O[C@H]12. The molecule has 0 radical (unpaired) electrons. The van der Waals surface area contributed by atoms with Gasteiger partial charge in [-0.05, 0) is 31.6 Å². The van der Waals surface area contributed by atoms with Crippen molar-refractivity contribution in [1.82, 2.24) is 0 Å². The number of carboxylic acid groups (broad SMARTS) is 1. The lowest BCUT2D eigenvalue weighted by atomic mass is 9.78. The van der Waals surface area contributed by atoms with Gasteiger partial charge in [0.2, 0.25) is 0 Å². The first-order valence-electron chi connectivity index (χ1n) is 9.97. The maximum Gasteiger partial charge on any atom is 0.303 e. The second-order valence-electron chi connectivity index (χ2n) is 7.59. The minimum absolute atomic E-state index is 0.219. The lowest BCUT2D eigenvalue weighted by molar-refractivity contribution is -0.137. The van der Waals surface area contributed by atoms with Gasteiger partial charge >= 0.3 is 5.97 Å². The molecule has 3 heterocycles. The predicted octanol–water partition coefficient (Wildman–Crippen LogP) is 3.57. The fourth-order valence-electron chi connectivity index (χ4n) is 4.30. The first kappa shape index (κ1) is 18.9. The van der Waals surface area contributed by atoms with E-state index in [1.165, 1.54) is 19.3 Å². The number of hydrogen-bond donors (Lipinski definition) is 1. The second-order valence-corrected chi connectivity index (χ2v) is 7.59. The number of carbonyl (C=O) groups is 1. The molecule has 3 aliphatic heterocycles. The van der Waals surface area contributed by atoms with E-state index < -0.39 is 5.97 Å². The molecule has 6 atom stereocenters. The molecule has 5 nitrogen and oxygen atoms in total. The summed E-state index contributed by atoms with van der Waals surface area (Å²) in [6.45, 7) is 3.84. The van der Waals surface area contributed by atoms with E-state index in [9.17, 15) is 4.79 Å². The molecule has 3 saturated heterocycles. The Labute approximate surface area is 150 Å². The van der Waals surface area contributed by atoms with Crippen LogP contribution in [0.5, 0.6) is 0 Å². The van der Waals surface area contributed by atoms with Crippen molar-refractivity contribution in [2.75, 3.05) is 13.2 Å². The molecule has 5 heteroatoms. The summed E-state index contributed by atoms with van der Waals surface area (Å²) in [6, 6.07) is 0. The number of fused-ring (bicyclic) bond motifs is 5. The molecule has 0 aromatic heterocycles. The third-order valence-electron chi connectivity index (χ3n) is 5.71. The molecular formula is C20H32O5. The van der Waals surface area contributed by atoms with Gasteiger partial charge in [0.15, 0.2) is 0 Å². The van der Waals surface area contributed by atoms with E-state index in [-0.39, 0.29) is 18.6 Å². The van der Waals surface area contributed by atoms with Gasteiger partial charge in [0.1, 0.15) is 12.2 Å². The number of rotatable bonds is 13. The highest BCUT2D eigenvalue weighted by Gasteiger charge is 2.68. The molecule has 3 fully saturated rings. The van der Waals surface area contributed by atoms with E-state index in [1.807, 2.05) is 0 Å². The van der Waals surface area contributed by atoms with E-state index >= 15 is 0 Å². The van der Waals surface area contributed by atoms with Crippen molar-refractivity contribution in [2.45, 2.75) is 82.7 Å². The van der Waals surface area contributed by atoms with Gasteiger partial charge in [0.25, 0.3) is 0 Å². The Balaban J connectivity index is 1.39. The van der Waals surface area contributed by atoms with Gasteiger partial charge in [-0.2, -0.15) is 0 Å². The fraction of sp³-hybridized carbons (Fsp3) is 0.850. The van der Waals surface area contributed by atoms with Crippen LogP contribution in [0.1, 0.15) is 58.3 Å². The molecule has 1 N–H and O–H groups in total. The number of ether oxygens (including phenoxy) is 3. The number of epoxide rings is 1. The monoisotopic (exact) mass is 352 g/mol. The average molecular weight is 352 g/mol. The zero-order valence-corrected chi connectivity index (χ0v) is 15.3. The molecule has 25 heavy (non-hydrogen) atoms. The average Bonchev–Trinajstić information content (AvgIpc) is 3.22. The third kappa shape index (κ3) is 4.83. The van der Waals surface area contributed by atoms with E-state index in [1.54, 1.807) is 0 Å². The summed E-state index contributed by atoms with van der Waals surface area (Å²) >= 11 is 0. The van der Waals surface area contributed by atoms with Crippen LogP contribution in [-0.4, -0.2) is 48.7 Å². The molecule has 3 aliphatic rings. The van der Waals surface area contributed by atoms with E-state index in [2.05, 4.69) is 19.1 Å². The van der Waals surface area contributed by atoms with Crippen LogP contribution < -0.4 is 0 Å². The maximum atomic E-state index is 10.5. The van der Waals surface area contributed by atoms with Crippen molar-refractivity contribution in [1.29, 1.82) is 0 Å². The van der Waals surface area contributed by atoms with Gasteiger partial charge in [-0.3, -0.25) is 4.79 Å². The minimum Gasteiger partial charge on any atom is -0.481 e. The first-order chi connectivity index (χ1) is 12.2. The Morgan fingerprint density at radius 1 is 1.00 bits per heavy atom. The van der Waals surface area contributed by atoms with Crippen LogP contribution in [0.15, 0.2) is 12.2 Å². The molecular weight excluding hydrogens is 320 g/mol. The second kappa shape index (κ2) is 9.15.